The Morgan fingerprint density at radius 2 is 1.91 bits per heavy atom. The van der Waals surface area contributed by atoms with Gasteiger partial charge in [0.25, 0.3) is 0 Å². The summed E-state index contributed by atoms with van der Waals surface area (Å²) in [6, 6.07) is 1.06. The molecule has 0 bridgehead atoms. The Morgan fingerprint density at radius 3 is 2.27 bits per heavy atom. The zero-order valence-electron chi connectivity index (χ0n) is 5.81. The zero-order chi connectivity index (χ0) is 8.48. The van der Waals surface area contributed by atoms with Gasteiger partial charge in [0, 0.05) is 12.4 Å². The van der Waals surface area contributed by atoms with Crippen molar-refractivity contribution in [3.05, 3.63) is 29.6 Å². The van der Waals surface area contributed by atoms with Crippen LogP contribution < -0.4 is 0 Å². The molecule has 0 saturated carbocycles. The number of aryl methyl sites for hydroxylation is 1. The molecule has 1 heterocycles. The van der Waals surface area contributed by atoms with E-state index in [0.717, 1.165) is 12.3 Å². The second-order valence-corrected chi connectivity index (χ2v) is 2.25. The monoisotopic (exact) mass is 161 g/mol. The van der Waals surface area contributed by atoms with E-state index >= 15 is 0 Å². The van der Waals surface area contributed by atoms with E-state index in [2.05, 4.69) is 4.98 Å². The lowest BCUT2D eigenvalue weighted by atomic mass is 10.2. The minimum atomic E-state index is -4.28. The summed E-state index contributed by atoms with van der Waals surface area (Å²) in [5.41, 5.74) is -0.183. The first-order valence-electron chi connectivity index (χ1n) is 2.99. The van der Waals surface area contributed by atoms with Crippen molar-refractivity contribution in [1.29, 1.82) is 0 Å². The van der Waals surface area contributed by atoms with Crippen molar-refractivity contribution < 1.29 is 13.2 Å². The Bertz CT molecular complexity index is 254. The molecule has 4 heteroatoms. The van der Waals surface area contributed by atoms with Gasteiger partial charge in [-0.3, -0.25) is 4.98 Å². The van der Waals surface area contributed by atoms with E-state index in [1.54, 1.807) is 6.92 Å². The molecule has 0 aliphatic rings. The van der Waals surface area contributed by atoms with Gasteiger partial charge in [0.2, 0.25) is 0 Å². The second kappa shape index (κ2) is 2.53. The van der Waals surface area contributed by atoms with Gasteiger partial charge in [0.1, 0.15) is 0 Å². The fourth-order valence-corrected chi connectivity index (χ4v) is 0.710. The van der Waals surface area contributed by atoms with E-state index in [4.69, 9.17) is 0 Å². The number of halogens is 3. The maximum atomic E-state index is 11.9. The maximum Gasteiger partial charge on any atom is 0.417 e. The molecule has 0 aliphatic carbocycles. The van der Waals surface area contributed by atoms with Crippen molar-refractivity contribution in [3.8, 4) is 0 Å². The van der Waals surface area contributed by atoms with Gasteiger partial charge in [-0.2, -0.15) is 13.2 Å². The Kier molecular flexibility index (Phi) is 1.85. The quantitative estimate of drug-likeness (QED) is 0.569. The lowest BCUT2D eigenvalue weighted by molar-refractivity contribution is -0.137. The molecule has 0 aliphatic heterocycles. The molecule has 0 unspecified atom stereocenters. The fraction of sp³-hybridized carbons (Fsp3) is 0.286. The topological polar surface area (TPSA) is 12.9 Å². The highest BCUT2D eigenvalue weighted by Crippen LogP contribution is 2.28. The molecule has 1 aromatic heterocycles. The third-order valence-corrected chi connectivity index (χ3v) is 1.20. The van der Waals surface area contributed by atoms with Crippen LogP contribution in [0.15, 0.2) is 18.5 Å². The second-order valence-electron chi connectivity index (χ2n) is 2.25. The van der Waals surface area contributed by atoms with Crippen molar-refractivity contribution in [1.82, 2.24) is 4.98 Å². The van der Waals surface area contributed by atoms with Crippen LogP contribution in [-0.4, -0.2) is 4.98 Å². The molecule has 0 amide bonds. The normalized spacial score (nSPS) is 11.6. The van der Waals surface area contributed by atoms with Crippen LogP contribution in [0.4, 0.5) is 13.2 Å². The van der Waals surface area contributed by atoms with Crippen molar-refractivity contribution >= 4 is 0 Å². The molecule has 0 fully saturated rings. The lowest BCUT2D eigenvalue weighted by Gasteiger charge is -2.05. The maximum absolute atomic E-state index is 11.9. The molecule has 0 radical (unpaired) electrons. The molecule has 0 aromatic carbocycles. The zero-order valence-corrected chi connectivity index (χ0v) is 5.81. The standard InChI is InChI=1S/C7H6F3N/c1-5-2-6(4-11-3-5)7(8,9)10/h2-4H,1H3. The molecule has 0 spiro atoms. The molecular formula is C7H6F3N. The predicted molar refractivity (Wildman–Crippen MR) is 34.0 cm³/mol. The van der Waals surface area contributed by atoms with Gasteiger partial charge in [0.15, 0.2) is 0 Å². The van der Waals surface area contributed by atoms with Crippen molar-refractivity contribution in [2.45, 2.75) is 13.1 Å². The molecule has 0 N–H and O–H groups in total. The largest absolute Gasteiger partial charge is 0.417 e. The number of aromatic nitrogens is 1. The molecular weight excluding hydrogens is 155 g/mol. The first-order valence-corrected chi connectivity index (χ1v) is 2.99. The number of hydrogen-bond donors (Lipinski definition) is 0. The van der Waals surface area contributed by atoms with E-state index in [1.165, 1.54) is 6.20 Å². The average Bonchev–Trinajstić information content (AvgIpc) is 1.86. The summed E-state index contributed by atoms with van der Waals surface area (Å²) >= 11 is 0. The first kappa shape index (κ1) is 8.04. The molecule has 1 aromatic rings. The number of pyridine rings is 1. The van der Waals surface area contributed by atoms with Crippen molar-refractivity contribution in [3.63, 3.8) is 0 Å². The summed E-state index contributed by atoms with van der Waals surface area (Å²) in [6.45, 7) is 1.57. The third-order valence-electron chi connectivity index (χ3n) is 1.20. The van der Waals surface area contributed by atoms with Gasteiger partial charge in [0.05, 0.1) is 5.56 Å². The van der Waals surface area contributed by atoms with E-state index in [1.807, 2.05) is 0 Å². The molecule has 60 valence electrons. The van der Waals surface area contributed by atoms with Gasteiger partial charge in [-0.25, -0.2) is 0 Å². The van der Waals surface area contributed by atoms with E-state index in [9.17, 15) is 13.2 Å². The van der Waals surface area contributed by atoms with Crippen molar-refractivity contribution in [2.24, 2.45) is 0 Å². The highest BCUT2D eigenvalue weighted by Gasteiger charge is 2.30. The van der Waals surface area contributed by atoms with Gasteiger partial charge < -0.3 is 0 Å². The SMILES string of the molecule is Cc1cncc(C(F)(F)F)c1. The molecule has 0 saturated heterocycles. The smallest absolute Gasteiger partial charge is 0.264 e. The Hall–Kier alpha value is -1.06. The van der Waals surface area contributed by atoms with Crippen LogP contribution in [0.25, 0.3) is 0 Å². The summed E-state index contributed by atoms with van der Waals surface area (Å²) in [5.74, 6) is 0. The van der Waals surface area contributed by atoms with Crippen LogP contribution >= 0.6 is 0 Å². The Morgan fingerprint density at radius 1 is 1.27 bits per heavy atom. The van der Waals surface area contributed by atoms with Crippen molar-refractivity contribution in [2.75, 3.05) is 0 Å². The summed E-state index contributed by atoms with van der Waals surface area (Å²) in [4.78, 5) is 3.43. The molecule has 1 nitrogen and oxygen atoms in total. The van der Waals surface area contributed by atoms with Crippen LogP contribution in [0.5, 0.6) is 0 Å². The number of rotatable bonds is 0. The van der Waals surface area contributed by atoms with Crippen LogP contribution in [0.2, 0.25) is 0 Å². The molecule has 11 heavy (non-hydrogen) atoms. The minimum absolute atomic E-state index is 0.514. The predicted octanol–water partition coefficient (Wildman–Crippen LogP) is 2.41. The number of hydrogen-bond acceptors (Lipinski definition) is 1. The average molecular weight is 161 g/mol. The van der Waals surface area contributed by atoms with E-state index in [-0.39, 0.29) is 0 Å². The molecule has 1 rings (SSSR count). The van der Waals surface area contributed by atoms with Gasteiger partial charge in [-0.1, -0.05) is 0 Å². The highest BCUT2D eigenvalue weighted by atomic mass is 19.4. The van der Waals surface area contributed by atoms with Gasteiger partial charge >= 0.3 is 6.18 Å². The Labute approximate surface area is 61.9 Å². The summed E-state index contributed by atoms with van der Waals surface area (Å²) in [7, 11) is 0. The first-order chi connectivity index (χ1) is 5.00. The summed E-state index contributed by atoms with van der Waals surface area (Å²) < 4.78 is 35.8. The van der Waals surface area contributed by atoms with Crippen LogP contribution in [-0.2, 0) is 6.18 Å². The summed E-state index contributed by atoms with van der Waals surface area (Å²) in [5, 5.41) is 0. The number of nitrogens with zero attached hydrogens (tertiary/aromatic N) is 1. The Balaban J connectivity index is 3.06. The van der Waals surface area contributed by atoms with Crippen LogP contribution in [0.3, 0.4) is 0 Å². The minimum Gasteiger partial charge on any atom is -0.264 e. The molecule has 0 atom stereocenters. The third kappa shape index (κ3) is 1.93. The fourth-order valence-electron chi connectivity index (χ4n) is 0.710. The highest BCUT2D eigenvalue weighted by molar-refractivity contribution is 5.18. The van der Waals surface area contributed by atoms with E-state index in [0.29, 0.717) is 5.56 Å². The van der Waals surface area contributed by atoms with Gasteiger partial charge in [-0.15, -0.1) is 0 Å². The van der Waals surface area contributed by atoms with E-state index < -0.39 is 11.7 Å². The number of alkyl halides is 3. The lowest BCUT2D eigenvalue weighted by Crippen LogP contribution is -2.05. The van der Waals surface area contributed by atoms with Crippen LogP contribution in [0.1, 0.15) is 11.1 Å². The van der Waals surface area contributed by atoms with Gasteiger partial charge in [-0.05, 0) is 18.6 Å². The van der Waals surface area contributed by atoms with Crippen LogP contribution in [0, 0.1) is 6.92 Å². The summed E-state index contributed by atoms with van der Waals surface area (Å²) in [6.07, 6.45) is -2.08.